The monoisotopic (exact) mass is 254 g/mol. The van der Waals surface area contributed by atoms with Crippen molar-refractivity contribution in [1.82, 2.24) is 9.38 Å². The van der Waals surface area contributed by atoms with Gasteiger partial charge in [-0.25, -0.2) is 0 Å². The number of hydrogen-bond acceptors (Lipinski definition) is 3. The number of fused-ring (bicyclic) bond motifs is 1. The van der Waals surface area contributed by atoms with Gasteiger partial charge in [-0.05, 0) is 20.8 Å². The first kappa shape index (κ1) is 11.7. The van der Waals surface area contributed by atoms with Crippen molar-refractivity contribution in [2.45, 2.75) is 20.8 Å². The summed E-state index contributed by atoms with van der Waals surface area (Å²) in [4.78, 5) is 15.3. The standard InChI is InChI=1S/C15H14N2O2/c1-9-4-6-12(7-5-9)14-11(3)17-10(2)13(8-18)19-15(17)16-14/h4-8H,1-3H3. The molecule has 1 aromatic carbocycles. The van der Waals surface area contributed by atoms with Crippen molar-refractivity contribution in [3.63, 3.8) is 0 Å². The van der Waals surface area contributed by atoms with E-state index in [-0.39, 0.29) is 0 Å². The van der Waals surface area contributed by atoms with E-state index < -0.39 is 0 Å². The third-order valence-corrected chi connectivity index (χ3v) is 3.40. The minimum Gasteiger partial charge on any atom is -0.420 e. The fourth-order valence-electron chi connectivity index (χ4n) is 2.32. The lowest BCUT2D eigenvalue weighted by Gasteiger charge is -2.00. The van der Waals surface area contributed by atoms with Crippen molar-refractivity contribution >= 4 is 12.1 Å². The molecule has 0 unspecified atom stereocenters. The van der Waals surface area contributed by atoms with Crippen molar-refractivity contribution in [2.24, 2.45) is 0 Å². The number of aromatic nitrogens is 2. The Kier molecular flexibility index (Phi) is 2.52. The highest BCUT2D eigenvalue weighted by molar-refractivity contribution is 5.74. The van der Waals surface area contributed by atoms with E-state index in [0.29, 0.717) is 11.6 Å². The topological polar surface area (TPSA) is 47.5 Å². The first-order valence-electron chi connectivity index (χ1n) is 6.12. The fourth-order valence-corrected chi connectivity index (χ4v) is 2.32. The van der Waals surface area contributed by atoms with E-state index in [1.54, 1.807) is 0 Å². The molecule has 0 aliphatic rings. The molecule has 4 heteroatoms. The average Bonchev–Trinajstić information content (AvgIpc) is 2.89. The fraction of sp³-hybridized carbons (Fsp3) is 0.200. The van der Waals surface area contributed by atoms with Crippen LogP contribution >= 0.6 is 0 Å². The smallest absolute Gasteiger partial charge is 0.307 e. The third kappa shape index (κ3) is 1.68. The van der Waals surface area contributed by atoms with Gasteiger partial charge in [-0.1, -0.05) is 29.8 Å². The van der Waals surface area contributed by atoms with Crippen molar-refractivity contribution in [1.29, 1.82) is 0 Å². The van der Waals surface area contributed by atoms with Crippen LogP contribution in [0.3, 0.4) is 0 Å². The van der Waals surface area contributed by atoms with Crippen LogP contribution in [0, 0.1) is 20.8 Å². The molecule has 2 heterocycles. The van der Waals surface area contributed by atoms with Gasteiger partial charge in [-0.3, -0.25) is 9.20 Å². The number of imidazole rings is 1. The van der Waals surface area contributed by atoms with Crippen molar-refractivity contribution in [3.8, 4) is 11.3 Å². The summed E-state index contributed by atoms with van der Waals surface area (Å²) in [6.07, 6.45) is 0.717. The van der Waals surface area contributed by atoms with Gasteiger partial charge in [-0.2, -0.15) is 4.98 Å². The van der Waals surface area contributed by atoms with E-state index in [0.717, 1.165) is 28.9 Å². The third-order valence-electron chi connectivity index (χ3n) is 3.40. The number of nitrogens with zero attached hydrogens (tertiary/aromatic N) is 2. The van der Waals surface area contributed by atoms with Gasteiger partial charge in [0.05, 0.1) is 17.1 Å². The molecule has 3 rings (SSSR count). The van der Waals surface area contributed by atoms with E-state index >= 15 is 0 Å². The number of aryl methyl sites for hydroxylation is 3. The Hall–Kier alpha value is -2.36. The number of carbonyl (C=O) groups excluding carboxylic acids is 1. The van der Waals surface area contributed by atoms with E-state index in [9.17, 15) is 4.79 Å². The number of aldehydes is 1. The van der Waals surface area contributed by atoms with Gasteiger partial charge >= 0.3 is 5.84 Å². The normalized spacial score (nSPS) is 11.1. The lowest BCUT2D eigenvalue weighted by Crippen LogP contribution is -1.91. The quantitative estimate of drug-likeness (QED) is 0.659. The molecule has 96 valence electrons. The van der Waals surface area contributed by atoms with Crippen molar-refractivity contribution < 1.29 is 9.21 Å². The highest BCUT2D eigenvalue weighted by Gasteiger charge is 2.17. The van der Waals surface area contributed by atoms with Crippen LogP contribution in [0.5, 0.6) is 0 Å². The Morgan fingerprint density at radius 3 is 2.37 bits per heavy atom. The van der Waals surface area contributed by atoms with Gasteiger partial charge in [-0.15, -0.1) is 0 Å². The van der Waals surface area contributed by atoms with Gasteiger partial charge in [0.1, 0.15) is 0 Å². The summed E-state index contributed by atoms with van der Waals surface area (Å²) in [5, 5.41) is 0. The van der Waals surface area contributed by atoms with Crippen LogP contribution in [0.15, 0.2) is 28.7 Å². The van der Waals surface area contributed by atoms with Crippen LogP contribution in [0.2, 0.25) is 0 Å². The summed E-state index contributed by atoms with van der Waals surface area (Å²) in [5.74, 6) is 0.800. The molecule has 0 radical (unpaired) electrons. The van der Waals surface area contributed by atoms with Crippen LogP contribution in [0.25, 0.3) is 17.1 Å². The molecule has 3 aromatic rings. The molecule has 19 heavy (non-hydrogen) atoms. The Balaban J connectivity index is 2.23. The first-order valence-corrected chi connectivity index (χ1v) is 6.12. The van der Waals surface area contributed by atoms with E-state index in [2.05, 4.69) is 24.0 Å². The molecule has 0 spiro atoms. The number of carbonyl (C=O) groups is 1. The van der Waals surface area contributed by atoms with Crippen molar-refractivity contribution in [2.75, 3.05) is 0 Å². The molecule has 2 aromatic heterocycles. The Morgan fingerprint density at radius 2 is 1.79 bits per heavy atom. The SMILES string of the molecule is Cc1ccc(-c2nc3oc(C=O)c(C)n3c2C)cc1. The van der Waals surface area contributed by atoms with E-state index in [4.69, 9.17) is 4.42 Å². The van der Waals surface area contributed by atoms with Gasteiger partial charge in [0.15, 0.2) is 12.0 Å². The molecule has 0 fully saturated rings. The van der Waals surface area contributed by atoms with Crippen LogP contribution in [0.4, 0.5) is 0 Å². The number of benzene rings is 1. The summed E-state index contributed by atoms with van der Waals surface area (Å²) < 4.78 is 7.31. The lowest BCUT2D eigenvalue weighted by atomic mass is 10.1. The van der Waals surface area contributed by atoms with Crippen LogP contribution < -0.4 is 0 Å². The predicted molar refractivity (Wildman–Crippen MR) is 72.5 cm³/mol. The zero-order chi connectivity index (χ0) is 13.6. The predicted octanol–water partition coefficient (Wildman–Crippen LogP) is 3.33. The minimum absolute atomic E-state index is 0.334. The zero-order valence-electron chi connectivity index (χ0n) is 11.1. The Morgan fingerprint density at radius 1 is 1.11 bits per heavy atom. The second kappa shape index (κ2) is 4.09. The molecule has 0 amide bonds. The minimum atomic E-state index is 0.334. The molecular weight excluding hydrogens is 240 g/mol. The Labute approximate surface area is 110 Å². The summed E-state index contributed by atoms with van der Waals surface area (Å²) in [7, 11) is 0. The van der Waals surface area contributed by atoms with Gasteiger partial charge in [0.2, 0.25) is 0 Å². The number of oxazole rings is 1. The molecule has 0 bridgehead atoms. The zero-order valence-corrected chi connectivity index (χ0v) is 11.1. The second-order valence-corrected chi connectivity index (χ2v) is 4.70. The molecule has 0 saturated heterocycles. The maximum Gasteiger partial charge on any atom is 0.307 e. The molecule has 4 nitrogen and oxygen atoms in total. The van der Waals surface area contributed by atoms with E-state index in [1.165, 1.54) is 5.56 Å². The molecular formula is C15H14N2O2. The molecule has 0 saturated carbocycles. The molecule has 0 aliphatic carbocycles. The second-order valence-electron chi connectivity index (χ2n) is 4.70. The van der Waals surface area contributed by atoms with Gasteiger partial charge in [0, 0.05) is 5.56 Å². The van der Waals surface area contributed by atoms with Gasteiger partial charge < -0.3 is 4.42 Å². The van der Waals surface area contributed by atoms with Crippen LogP contribution in [-0.2, 0) is 0 Å². The van der Waals surface area contributed by atoms with Crippen LogP contribution in [-0.4, -0.2) is 15.7 Å². The summed E-state index contributed by atoms with van der Waals surface area (Å²) in [6.45, 7) is 5.89. The Bertz CT molecular complexity index is 764. The molecule has 0 atom stereocenters. The highest BCUT2D eigenvalue weighted by atomic mass is 16.4. The van der Waals surface area contributed by atoms with E-state index in [1.807, 2.05) is 30.4 Å². The lowest BCUT2D eigenvalue weighted by molar-refractivity contribution is 0.110. The van der Waals surface area contributed by atoms with Crippen molar-refractivity contribution in [3.05, 3.63) is 47.0 Å². The maximum atomic E-state index is 10.9. The highest BCUT2D eigenvalue weighted by Crippen LogP contribution is 2.27. The number of rotatable bonds is 2. The van der Waals surface area contributed by atoms with Crippen LogP contribution in [0.1, 0.15) is 27.5 Å². The summed E-state index contributed by atoms with van der Waals surface area (Å²) >= 11 is 0. The molecule has 0 N–H and O–H groups in total. The number of hydrogen-bond donors (Lipinski definition) is 0. The largest absolute Gasteiger partial charge is 0.420 e. The average molecular weight is 254 g/mol. The first-order chi connectivity index (χ1) is 9.11. The maximum absolute atomic E-state index is 10.9. The van der Waals surface area contributed by atoms with Gasteiger partial charge in [0.25, 0.3) is 0 Å². The summed E-state index contributed by atoms with van der Waals surface area (Å²) in [5.41, 5.74) is 4.92. The molecule has 0 aliphatic heterocycles. The summed E-state index contributed by atoms with van der Waals surface area (Å²) in [6, 6.07) is 8.19.